The van der Waals surface area contributed by atoms with Crippen LogP contribution >= 0.6 is 0 Å². The topological polar surface area (TPSA) is 29.5 Å². The molecule has 0 amide bonds. The third-order valence-corrected chi connectivity index (χ3v) is 2.07. The van der Waals surface area contributed by atoms with E-state index in [0.717, 1.165) is 25.7 Å². The van der Waals surface area contributed by atoms with Gasteiger partial charge in [0.1, 0.15) is 0 Å². The van der Waals surface area contributed by atoms with Gasteiger partial charge in [-0.3, -0.25) is 0 Å². The molecule has 0 saturated heterocycles. The van der Waals surface area contributed by atoms with Gasteiger partial charge in [0, 0.05) is 7.11 Å². The summed E-state index contributed by atoms with van der Waals surface area (Å²) in [5, 5.41) is 9.83. The Morgan fingerprint density at radius 1 is 1.36 bits per heavy atom. The number of hydrogen-bond donors (Lipinski definition) is 1. The van der Waals surface area contributed by atoms with E-state index in [1.807, 2.05) is 6.92 Å². The van der Waals surface area contributed by atoms with Crippen LogP contribution in [0.2, 0.25) is 0 Å². The molecule has 0 radical (unpaired) electrons. The quantitative estimate of drug-likeness (QED) is 0.643. The van der Waals surface area contributed by atoms with Crippen molar-refractivity contribution in [2.45, 2.75) is 45.1 Å². The lowest BCUT2D eigenvalue weighted by Gasteiger charge is -2.25. The zero-order valence-electron chi connectivity index (χ0n) is 7.89. The maximum absolute atomic E-state index is 9.83. The first kappa shape index (κ1) is 10.9. The minimum Gasteiger partial charge on any atom is -0.387 e. The first-order valence-electron chi connectivity index (χ1n) is 4.40. The minimum atomic E-state index is -0.579. The monoisotopic (exact) mass is 160 g/mol. The van der Waals surface area contributed by atoms with Crippen LogP contribution in [0.1, 0.15) is 39.5 Å². The standard InChI is InChI=1S/C9H20O2/c1-4-6-7-9(10,5-2)8-11-3/h10H,4-8H2,1-3H3. The van der Waals surface area contributed by atoms with Crippen LogP contribution in [0.4, 0.5) is 0 Å². The van der Waals surface area contributed by atoms with Crippen LogP contribution in [0, 0.1) is 0 Å². The highest BCUT2D eigenvalue weighted by Crippen LogP contribution is 2.18. The van der Waals surface area contributed by atoms with E-state index in [-0.39, 0.29) is 0 Å². The molecule has 2 nitrogen and oxygen atoms in total. The van der Waals surface area contributed by atoms with Crippen molar-refractivity contribution in [3.8, 4) is 0 Å². The van der Waals surface area contributed by atoms with Gasteiger partial charge in [-0.1, -0.05) is 26.7 Å². The van der Waals surface area contributed by atoms with E-state index >= 15 is 0 Å². The molecule has 1 atom stereocenters. The number of hydrogen-bond acceptors (Lipinski definition) is 2. The number of methoxy groups -OCH3 is 1. The maximum atomic E-state index is 9.83. The van der Waals surface area contributed by atoms with Crippen LogP contribution in [0.3, 0.4) is 0 Å². The first-order chi connectivity index (χ1) is 5.18. The molecule has 0 fully saturated rings. The van der Waals surface area contributed by atoms with Crippen molar-refractivity contribution in [2.75, 3.05) is 13.7 Å². The molecule has 0 aliphatic heterocycles. The van der Waals surface area contributed by atoms with Crippen molar-refractivity contribution in [3.63, 3.8) is 0 Å². The SMILES string of the molecule is CCCCC(O)(CC)COC. The van der Waals surface area contributed by atoms with Gasteiger partial charge in [0.2, 0.25) is 0 Å². The second-order valence-electron chi connectivity index (χ2n) is 3.11. The van der Waals surface area contributed by atoms with Crippen LogP contribution in [0.15, 0.2) is 0 Å². The molecule has 0 rings (SSSR count). The predicted octanol–water partition coefficient (Wildman–Crippen LogP) is 1.96. The molecule has 0 bridgehead atoms. The van der Waals surface area contributed by atoms with Crippen LogP contribution < -0.4 is 0 Å². The van der Waals surface area contributed by atoms with Gasteiger partial charge in [0.15, 0.2) is 0 Å². The third kappa shape index (κ3) is 4.38. The number of rotatable bonds is 6. The van der Waals surface area contributed by atoms with E-state index < -0.39 is 5.60 Å². The Labute approximate surface area is 69.6 Å². The van der Waals surface area contributed by atoms with Gasteiger partial charge in [-0.05, 0) is 12.8 Å². The Kier molecular flexibility index (Phi) is 5.51. The Morgan fingerprint density at radius 3 is 2.36 bits per heavy atom. The van der Waals surface area contributed by atoms with E-state index in [2.05, 4.69) is 6.92 Å². The maximum Gasteiger partial charge on any atom is 0.0877 e. The fraction of sp³-hybridized carbons (Fsp3) is 1.00. The van der Waals surface area contributed by atoms with Gasteiger partial charge in [0.25, 0.3) is 0 Å². The summed E-state index contributed by atoms with van der Waals surface area (Å²) in [7, 11) is 1.63. The van der Waals surface area contributed by atoms with Crippen LogP contribution in [0.25, 0.3) is 0 Å². The third-order valence-electron chi connectivity index (χ3n) is 2.07. The normalized spacial score (nSPS) is 16.4. The summed E-state index contributed by atoms with van der Waals surface area (Å²) >= 11 is 0. The van der Waals surface area contributed by atoms with E-state index in [4.69, 9.17) is 4.74 Å². The molecule has 68 valence electrons. The van der Waals surface area contributed by atoms with Crippen molar-refractivity contribution in [3.05, 3.63) is 0 Å². The molecule has 1 unspecified atom stereocenters. The van der Waals surface area contributed by atoms with E-state index in [1.165, 1.54) is 0 Å². The molecular formula is C9H20O2. The highest BCUT2D eigenvalue weighted by molar-refractivity contribution is 4.75. The Bertz CT molecular complexity index is 93.6. The number of ether oxygens (including phenoxy) is 1. The largest absolute Gasteiger partial charge is 0.387 e. The van der Waals surface area contributed by atoms with Crippen LogP contribution in [-0.2, 0) is 4.74 Å². The van der Waals surface area contributed by atoms with E-state index in [1.54, 1.807) is 7.11 Å². The molecule has 0 aromatic carbocycles. The van der Waals surface area contributed by atoms with E-state index in [0.29, 0.717) is 6.61 Å². The van der Waals surface area contributed by atoms with Crippen LogP contribution in [-0.4, -0.2) is 24.4 Å². The predicted molar refractivity (Wildman–Crippen MR) is 46.6 cm³/mol. The molecule has 0 spiro atoms. The van der Waals surface area contributed by atoms with Gasteiger partial charge in [-0.15, -0.1) is 0 Å². The van der Waals surface area contributed by atoms with Crippen molar-refractivity contribution in [1.82, 2.24) is 0 Å². The number of aliphatic hydroxyl groups is 1. The molecule has 0 aliphatic carbocycles. The molecule has 0 aromatic rings. The second kappa shape index (κ2) is 5.56. The zero-order valence-corrected chi connectivity index (χ0v) is 7.89. The lowest BCUT2D eigenvalue weighted by molar-refractivity contribution is -0.0410. The molecule has 0 aromatic heterocycles. The van der Waals surface area contributed by atoms with Gasteiger partial charge < -0.3 is 9.84 Å². The van der Waals surface area contributed by atoms with Crippen molar-refractivity contribution in [2.24, 2.45) is 0 Å². The van der Waals surface area contributed by atoms with Crippen molar-refractivity contribution >= 4 is 0 Å². The molecule has 2 heteroatoms. The summed E-state index contributed by atoms with van der Waals surface area (Å²) in [5.74, 6) is 0. The average molecular weight is 160 g/mol. The summed E-state index contributed by atoms with van der Waals surface area (Å²) in [5.41, 5.74) is -0.579. The smallest absolute Gasteiger partial charge is 0.0877 e. The van der Waals surface area contributed by atoms with Gasteiger partial charge in [0.05, 0.1) is 12.2 Å². The summed E-state index contributed by atoms with van der Waals surface area (Å²) in [6, 6.07) is 0. The minimum absolute atomic E-state index is 0.462. The lowest BCUT2D eigenvalue weighted by atomic mass is 9.95. The molecule has 11 heavy (non-hydrogen) atoms. The lowest BCUT2D eigenvalue weighted by Crippen LogP contribution is -2.33. The van der Waals surface area contributed by atoms with Gasteiger partial charge >= 0.3 is 0 Å². The second-order valence-corrected chi connectivity index (χ2v) is 3.11. The first-order valence-corrected chi connectivity index (χ1v) is 4.40. The fourth-order valence-electron chi connectivity index (χ4n) is 1.13. The van der Waals surface area contributed by atoms with Crippen LogP contribution in [0.5, 0.6) is 0 Å². The zero-order chi connectivity index (χ0) is 8.74. The Hall–Kier alpha value is -0.0800. The molecule has 0 heterocycles. The summed E-state index contributed by atoms with van der Waals surface area (Å²) < 4.78 is 4.94. The van der Waals surface area contributed by atoms with E-state index in [9.17, 15) is 5.11 Å². The van der Waals surface area contributed by atoms with Gasteiger partial charge in [-0.25, -0.2) is 0 Å². The Balaban J connectivity index is 3.68. The average Bonchev–Trinajstić information content (AvgIpc) is 2.02. The molecule has 0 aliphatic rings. The summed E-state index contributed by atoms with van der Waals surface area (Å²) in [6.45, 7) is 4.58. The molecule has 0 saturated carbocycles. The highest BCUT2D eigenvalue weighted by Gasteiger charge is 2.23. The van der Waals surface area contributed by atoms with Crippen molar-refractivity contribution < 1.29 is 9.84 Å². The van der Waals surface area contributed by atoms with Gasteiger partial charge in [-0.2, -0.15) is 0 Å². The molecular weight excluding hydrogens is 140 g/mol. The fourth-order valence-corrected chi connectivity index (χ4v) is 1.13. The van der Waals surface area contributed by atoms with Crippen molar-refractivity contribution in [1.29, 1.82) is 0 Å². The Morgan fingerprint density at radius 2 is 2.00 bits per heavy atom. The summed E-state index contributed by atoms with van der Waals surface area (Å²) in [6.07, 6.45) is 3.84. The molecule has 1 N–H and O–H groups in total. The summed E-state index contributed by atoms with van der Waals surface area (Å²) in [4.78, 5) is 0. The number of unbranched alkanes of at least 4 members (excludes halogenated alkanes) is 1. The highest BCUT2D eigenvalue weighted by atomic mass is 16.5.